The summed E-state index contributed by atoms with van der Waals surface area (Å²) in [5.41, 5.74) is 1.62. The Morgan fingerprint density at radius 3 is 2.48 bits per heavy atom. The second kappa shape index (κ2) is 5.32. The van der Waals surface area contributed by atoms with Crippen LogP contribution >= 0.6 is 0 Å². The lowest BCUT2D eigenvalue weighted by atomic mass is 10.2. The zero-order valence-corrected chi connectivity index (χ0v) is 12.0. The van der Waals surface area contributed by atoms with E-state index in [1.807, 2.05) is 29.0 Å². The third-order valence-electron chi connectivity index (χ3n) is 3.29. The van der Waals surface area contributed by atoms with Gasteiger partial charge in [-0.3, -0.25) is 4.57 Å². The molecule has 21 heavy (non-hydrogen) atoms. The van der Waals surface area contributed by atoms with Crippen LogP contribution < -0.4 is 14.2 Å². The molecule has 0 atom stereocenters. The first-order valence-corrected chi connectivity index (χ1v) is 6.36. The van der Waals surface area contributed by atoms with Crippen LogP contribution in [0.1, 0.15) is 0 Å². The van der Waals surface area contributed by atoms with E-state index in [0.717, 1.165) is 16.7 Å². The highest BCUT2D eigenvalue weighted by molar-refractivity contribution is 5.78. The van der Waals surface area contributed by atoms with E-state index >= 15 is 0 Å². The molecule has 2 aromatic heterocycles. The van der Waals surface area contributed by atoms with Crippen LogP contribution in [0.15, 0.2) is 36.9 Å². The summed E-state index contributed by atoms with van der Waals surface area (Å²) in [5, 5.41) is 0.953. The Labute approximate surface area is 121 Å². The third-order valence-corrected chi connectivity index (χ3v) is 3.29. The lowest BCUT2D eigenvalue weighted by Gasteiger charge is -2.16. The molecule has 0 spiro atoms. The summed E-state index contributed by atoms with van der Waals surface area (Å²) < 4.78 is 18.2. The monoisotopic (exact) mass is 285 g/mol. The highest BCUT2D eigenvalue weighted by Gasteiger charge is 2.18. The highest BCUT2D eigenvalue weighted by Crippen LogP contribution is 2.42. The molecule has 0 bridgehead atoms. The number of aromatic nitrogens is 3. The second-order valence-electron chi connectivity index (χ2n) is 4.34. The number of hydrogen-bond acceptors (Lipinski definition) is 5. The molecule has 1 aromatic carbocycles. The van der Waals surface area contributed by atoms with Crippen molar-refractivity contribution in [2.24, 2.45) is 0 Å². The molecule has 6 heteroatoms. The first-order chi connectivity index (χ1) is 10.3. The fraction of sp³-hybridized carbons (Fsp3) is 0.200. The van der Waals surface area contributed by atoms with Crippen molar-refractivity contribution in [2.75, 3.05) is 21.3 Å². The standard InChI is InChI=1S/C15H15N3O3/c1-19-12-5-4-11(13(20-2)14(12)21-3)18-7-6-10-8-16-9-17-15(10)18/h4-9H,1-3H3. The van der Waals surface area contributed by atoms with E-state index in [2.05, 4.69) is 9.97 Å². The quantitative estimate of drug-likeness (QED) is 0.737. The topological polar surface area (TPSA) is 58.4 Å². The Morgan fingerprint density at radius 1 is 0.952 bits per heavy atom. The van der Waals surface area contributed by atoms with Crippen LogP contribution in [0.5, 0.6) is 17.2 Å². The molecular formula is C15H15N3O3. The SMILES string of the molecule is COc1ccc(-n2ccc3cncnc32)c(OC)c1OC. The van der Waals surface area contributed by atoms with Gasteiger partial charge in [-0.25, -0.2) is 9.97 Å². The molecule has 3 rings (SSSR count). The van der Waals surface area contributed by atoms with E-state index in [4.69, 9.17) is 14.2 Å². The van der Waals surface area contributed by atoms with Crippen LogP contribution in [0.2, 0.25) is 0 Å². The van der Waals surface area contributed by atoms with Crippen molar-refractivity contribution >= 4 is 11.0 Å². The van der Waals surface area contributed by atoms with Crippen LogP contribution in [-0.4, -0.2) is 35.9 Å². The van der Waals surface area contributed by atoms with Crippen molar-refractivity contribution in [3.8, 4) is 22.9 Å². The minimum atomic E-state index is 0.549. The van der Waals surface area contributed by atoms with Gasteiger partial charge in [0, 0.05) is 17.8 Å². The van der Waals surface area contributed by atoms with Gasteiger partial charge in [0.2, 0.25) is 5.75 Å². The predicted octanol–water partition coefficient (Wildman–Crippen LogP) is 2.45. The molecule has 6 nitrogen and oxygen atoms in total. The molecule has 0 N–H and O–H groups in total. The fourth-order valence-corrected chi connectivity index (χ4v) is 2.35. The first kappa shape index (κ1) is 13.2. The van der Waals surface area contributed by atoms with Gasteiger partial charge in [0.05, 0.1) is 27.0 Å². The van der Waals surface area contributed by atoms with Crippen LogP contribution in [0.25, 0.3) is 16.7 Å². The molecule has 0 saturated carbocycles. The van der Waals surface area contributed by atoms with Crippen LogP contribution in [0.4, 0.5) is 0 Å². The minimum absolute atomic E-state index is 0.549. The molecule has 3 aromatic rings. The molecule has 0 aliphatic rings. The summed E-state index contributed by atoms with van der Waals surface area (Å²) >= 11 is 0. The maximum absolute atomic E-state index is 5.51. The van der Waals surface area contributed by atoms with Gasteiger partial charge in [-0.2, -0.15) is 0 Å². The molecule has 0 aliphatic heterocycles. The summed E-state index contributed by atoms with van der Waals surface area (Å²) in [5.74, 6) is 1.76. The number of ether oxygens (including phenoxy) is 3. The summed E-state index contributed by atoms with van der Waals surface area (Å²) in [6, 6.07) is 5.69. The van der Waals surface area contributed by atoms with Gasteiger partial charge in [-0.1, -0.05) is 0 Å². The first-order valence-electron chi connectivity index (χ1n) is 6.36. The number of nitrogens with zero attached hydrogens (tertiary/aromatic N) is 3. The van der Waals surface area contributed by atoms with Crippen molar-refractivity contribution < 1.29 is 14.2 Å². The molecule has 0 unspecified atom stereocenters. The maximum Gasteiger partial charge on any atom is 0.205 e. The highest BCUT2D eigenvalue weighted by atomic mass is 16.5. The molecule has 2 heterocycles. The number of methoxy groups -OCH3 is 3. The molecule has 0 fully saturated rings. The largest absolute Gasteiger partial charge is 0.493 e. The smallest absolute Gasteiger partial charge is 0.205 e. The molecule has 0 amide bonds. The Kier molecular flexibility index (Phi) is 3.35. The van der Waals surface area contributed by atoms with E-state index in [1.165, 1.54) is 6.33 Å². The Morgan fingerprint density at radius 2 is 1.76 bits per heavy atom. The summed E-state index contributed by atoms with van der Waals surface area (Å²) in [6.45, 7) is 0. The van der Waals surface area contributed by atoms with Crippen molar-refractivity contribution in [3.05, 3.63) is 36.9 Å². The average molecular weight is 285 g/mol. The van der Waals surface area contributed by atoms with Crippen LogP contribution in [0, 0.1) is 0 Å². The number of rotatable bonds is 4. The molecular weight excluding hydrogens is 270 g/mol. The van der Waals surface area contributed by atoms with Gasteiger partial charge in [0.15, 0.2) is 11.5 Å². The Balaban J connectivity index is 2.27. The van der Waals surface area contributed by atoms with E-state index < -0.39 is 0 Å². The number of fused-ring (bicyclic) bond motifs is 1. The van der Waals surface area contributed by atoms with Crippen molar-refractivity contribution in [2.45, 2.75) is 0 Å². The third kappa shape index (κ3) is 2.05. The summed E-state index contributed by atoms with van der Waals surface area (Å²) in [7, 11) is 4.77. The van der Waals surface area contributed by atoms with Gasteiger partial charge in [-0.15, -0.1) is 0 Å². The lowest BCUT2D eigenvalue weighted by Crippen LogP contribution is -2.01. The zero-order chi connectivity index (χ0) is 14.8. The zero-order valence-electron chi connectivity index (χ0n) is 12.0. The van der Waals surface area contributed by atoms with Gasteiger partial charge in [-0.05, 0) is 18.2 Å². The molecule has 0 aliphatic carbocycles. The van der Waals surface area contributed by atoms with Gasteiger partial charge < -0.3 is 14.2 Å². The van der Waals surface area contributed by atoms with Crippen LogP contribution in [0.3, 0.4) is 0 Å². The van der Waals surface area contributed by atoms with Gasteiger partial charge in [0.1, 0.15) is 12.0 Å². The summed E-state index contributed by atoms with van der Waals surface area (Å²) in [6.07, 6.45) is 5.21. The van der Waals surface area contributed by atoms with Crippen molar-refractivity contribution in [3.63, 3.8) is 0 Å². The van der Waals surface area contributed by atoms with E-state index in [-0.39, 0.29) is 0 Å². The van der Waals surface area contributed by atoms with Gasteiger partial charge >= 0.3 is 0 Å². The normalized spacial score (nSPS) is 10.6. The van der Waals surface area contributed by atoms with Crippen LogP contribution in [-0.2, 0) is 0 Å². The van der Waals surface area contributed by atoms with Gasteiger partial charge in [0.25, 0.3) is 0 Å². The van der Waals surface area contributed by atoms with Crippen molar-refractivity contribution in [1.29, 1.82) is 0 Å². The fourth-order valence-electron chi connectivity index (χ4n) is 2.35. The maximum atomic E-state index is 5.51. The van der Waals surface area contributed by atoms with E-state index in [1.54, 1.807) is 27.5 Å². The Hall–Kier alpha value is -2.76. The summed E-state index contributed by atoms with van der Waals surface area (Å²) in [4.78, 5) is 8.34. The second-order valence-corrected chi connectivity index (χ2v) is 4.34. The minimum Gasteiger partial charge on any atom is -0.493 e. The molecule has 108 valence electrons. The average Bonchev–Trinajstić information content (AvgIpc) is 2.97. The van der Waals surface area contributed by atoms with Crippen molar-refractivity contribution in [1.82, 2.24) is 14.5 Å². The van der Waals surface area contributed by atoms with E-state index in [9.17, 15) is 0 Å². The molecule has 0 saturated heterocycles. The lowest BCUT2D eigenvalue weighted by molar-refractivity contribution is 0.324. The predicted molar refractivity (Wildman–Crippen MR) is 78.5 cm³/mol. The number of hydrogen-bond donors (Lipinski definition) is 0. The number of benzene rings is 1. The molecule has 0 radical (unpaired) electrons. The Bertz CT molecular complexity index is 783. The van der Waals surface area contributed by atoms with E-state index in [0.29, 0.717) is 17.2 Å².